The van der Waals surface area contributed by atoms with Gasteiger partial charge in [0.1, 0.15) is 24.0 Å². The Labute approximate surface area is 367 Å². The van der Waals surface area contributed by atoms with Crippen molar-refractivity contribution in [3.63, 3.8) is 0 Å². The smallest absolute Gasteiger partial charge is 0.317 e. The van der Waals surface area contributed by atoms with E-state index >= 15 is 0 Å². The molecule has 4 bridgehead atoms. The van der Waals surface area contributed by atoms with Gasteiger partial charge in [-0.25, -0.2) is 0 Å². The van der Waals surface area contributed by atoms with E-state index in [0.717, 1.165) is 19.3 Å². The van der Waals surface area contributed by atoms with Gasteiger partial charge >= 0.3 is 23.9 Å². The molecule has 16 heteroatoms. The van der Waals surface area contributed by atoms with Gasteiger partial charge in [0.05, 0.1) is 36.9 Å². The molecular weight excluding hydrogens is 846 g/mol. The SMILES string of the molecule is CCOC(=O)[C@@H]1[C@H]2OC(=O)[C@@H](C(=O)[C@@H]2CN(CCCl)CCCl)[C@@H]1[C@@H]1CC=C(CC2=CC[C@H]([C@@H]3[C@H]4C(=O)O[C@H]([C@@H]3C(=O)OCC)[C@@H](CN(CCCl)CCCl)C4=O)CC2)CC1. The zero-order valence-electron chi connectivity index (χ0n) is 34.0. The van der Waals surface area contributed by atoms with Gasteiger partial charge in [-0.15, -0.1) is 46.4 Å². The lowest BCUT2D eigenvalue weighted by Crippen LogP contribution is -2.65. The first kappa shape index (κ1) is 46.3. The summed E-state index contributed by atoms with van der Waals surface area (Å²) in [5.41, 5.74) is 2.51. The molecule has 0 amide bonds. The molecule has 0 spiro atoms. The fourth-order valence-corrected chi connectivity index (χ4v) is 12.1. The van der Waals surface area contributed by atoms with E-state index < -0.39 is 83.4 Å². The van der Waals surface area contributed by atoms with Gasteiger partial charge in [0.15, 0.2) is 11.6 Å². The number of nitrogens with zero attached hydrogens (tertiary/aromatic N) is 2. The van der Waals surface area contributed by atoms with Crippen LogP contribution in [0.3, 0.4) is 0 Å². The topological polar surface area (TPSA) is 146 Å². The summed E-state index contributed by atoms with van der Waals surface area (Å²) in [4.78, 5) is 85.8. The van der Waals surface area contributed by atoms with Gasteiger partial charge in [-0.05, 0) is 82.5 Å². The minimum Gasteiger partial charge on any atom is -0.466 e. The number of allylic oxidation sites excluding steroid dienone is 4. The lowest BCUT2D eigenvalue weighted by molar-refractivity contribution is -0.208. The van der Waals surface area contributed by atoms with Crippen LogP contribution in [0.1, 0.15) is 58.8 Å². The summed E-state index contributed by atoms with van der Waals surface area (Å²) in [6, 6.07) is 0. The van der Waals surface area contributed by atoms with Crippen molar-refractivity contribution in [1.82, 2.24) is 9.80 Å². The molecule has 4 heterocycles. The zero-order chi connectivity index (χ0) is 42.4. The molecule has 59 heavy (non-hydrogen) atoms. The molecule has 4 saturated heterocycles. The molecule has 0 N–H and O–H groups in total. The van der Waals surface area contributed by atoms with Gasteiger partial charge in [-0.1, -0.05) is 23.3 Å². The third-order valence-corrected chi connectivity index (χ3v) is 14.4. The molecule has 0 aromatic rings. The number of carbonyl (C=O) groups is 6. The molecule has 6 fully saturated rings. The second kappa shape index (κ2) is 21.2. The van der Waals surface area contributed by atoms with E-state index in [1.807, 2.05) is 9.80 Å². The van der Waals surface area contributed by atoms with Crippen molar-refractivity contribution in [3.8, 4) is 0 Å². The standard InChI is InChI=1S/C43H58Cl4N2O10/c1-3-56-40(52)34-30(32-36(50)28(38(34)58-42(32)54)22-48(17-13-44)18-14-45)26-9-5-24(6-10-26)21-25-7-11-27(12-8-25)31-33-37(51)29(23-49(19-15-46)20-16-47)39(59-43(33)55)35(31)41(53)57-4-2/h5,7,26-35,38-39H,3-4,6,8-23H2,1-2H3/t26-,27+,28-,29-,30+,31-,32+,33+,34+,35-,38-,39-/m0/s1. The van der Waals surface area contributed by atoms with E-state index in [9.17, 15) is 28.8 Å². The minimum absolute atomic E-state index is 0.0792. The number of ketones is 2. The lowest BCUT2D eigenvalue weighted by Gasteiger charge is -2.52. The molecule has 4 aliphatic heterocycles. The van der Waals surface area contributed by atoms with Crippen LogP contribution in [0.25, 0.3) is 0 Å². The van der Waals surface area contributed by atoms with Crippen molar-refractivity contribution < 1.29 is 47.7 Å². The van der Waals surface area contributed by atoms with Gasteiger partial charge < -0.3 is 28.7 Å². The summed E-state index contributed by atoms with van der Waals surface area (Å²) in [6.07, 6.45) is 7.52. The van der Waals surface area contributed by atoms with E-state index in [-0.39, 0.29) is 36.6 Å². The molecule has 0 aromatic heterocycles. The van der Waals surface area contributed by atoms with Crippen LogP contribution in [0.4, 0.5) is 0 Å². The largest absolute Gasteiger partial charge is 0.466 e. The van der Waals surface area contributed by atoms with E-state index in [4.69, 9.17) is 65.4 Å². The number of hydrogen-bond acceptors (Lipinski definition) is 12. The van der Waals surface area contributed by atoms with Crippen molar-refractivity contribution in [3.05, 3.63) is 23.3 Å². The predicted molar refractivity (Wildman–Crippen MR) is 222 cm³/mol. The summed E-state index contributed by atoms with van der Waals surface area (Å²) in [7, 11) is 0. The Morgan fingerprint density at radius 3 is 1.32 bits per heavy atom. The number of alkyl halides is 4. The number of hydrogen-bond donors (Lipinski definition) is 0. The lowest BCUT2D eigenvalue weighted by atomic mass is 9.57. The molecule has 0 aromatic carbocycles. The van der Waals surface area contributed by atoms with Crippen molar-refractivity contribution in [1.29, 1.82) is 0 Å². The monoisotopic (exact) mass is 902 g/mol. The number of ether oxygens (including phenoxy) is 4. The Hall–Kier alpha value is -2.22. The van der Waals surface area contributed by atoms with Crippen molar-refractivity contribution in [2.75, 3.05) is 76.0 Å². The Balaban J connectivity index is 1.14. The van der Waals surface area contributed by atoms with Crippen LogP contribution in [-0.2, 0) is 47.7 Å². The van der Waals surface area contributed by atoms with E-state index in [2.05, 4.69) is 12.2 Å². The highest BCUT2D eigenvalue weighted by molar-refractivity contribution is 6.19. The summed E-state index contributed by atoms with van der Waals surface area (Å²) < 4.78 is 22.8. The molecule has 2 saturated carbocycles. The molecule has 12 nitrogen and oxygen atoms in total. The molecule has 4 aliphatic carbocycles. The van der Waals surface area contributed by atoms with Crippen LogP contribution in [-0.4, -0.2) is 133 Å². The van der Waals surface area contributed by atoms with Gasteiger partial charge in [0, 0.05) is 62.8 Å². The average molecular weight is 905 g/mol. The predicted octanol–water partition coefficient (Wildman–Crippen LogP) is 5.46. The van der Waals surface area contributed by atoms with Crippen LogP contribution < -0.4 is 0 Å². The fourth-order valence-electron chi connectivity index (χ4n) is 11.1. The Morgan fingerprint density at radius 1 is 0.644 bits per heavy atom. The van der Waals surface area contributed by atoms with E-state index in [1.54, 1.807) is 13.8 Å². The maximum Gasteiger partial charge on any atom is 0.317 e. The summed E-state index contributed by atoms with van der Waals surface area (Å²) in [5.74, 6) is -6.99. The van der Waals surface area contributed by atoms with Crippen LogP contribution in [0.5, 0.6) is 0 Å². The quantitative estimate of drug-likeness (QED) is 0.0503. The molecule has 0 radical (unpaired) electrons. The van der Waals surface area contributed by atoms with Gasteiger partial charge in [0.25, 0.3) is 0 Å². The summed E-state index contributed by atoms with van der Waals surface area (Å²) in [6.45, 7) is 6.49. The first-order valence-electron chi connectivity index (χ1n) is 21.4. The van der Waals surface area contributed by atoms with E-state index in [1.165, 1.54) is 11.1 Å². The third kappa shape index (κ3) is 9.88. The number of esters is 4. The molecule has 328 valence electrons. The number of fused-ring (bicyclic) bond motifs is 6. The molecule has 0 unspecified atom stereocenters. The highest BCUT2D eigenvalue weighted by Crippen LogP contribution is 2.53. The Morgan fingerprint density at radius 2 is 1.02 bits per heavy atom. The molecule has 8 rings (SSSR count). The van der Waals surface area contributed by atoms with Crippen molar-refractivity contribution in [2.45, 2.75) is 71.0 Å². The third-order valence-electron chi connectivity index (χ3n) is 13.7. The molecule has 12 atom stereocenters. The first-order chi connectivity index (χ1) is 28.5. The molecular formula is C43H58Cl4N2O10. The Bertz CT molecular complexity index is 1510. The number of rotatable bonds is 20. The van der Waals surface area contributed by atoms with Crippen molar-refractivity contribution >= 4 is 81.8 Å². The number of carbonyl (C=O) groups excluding carboxylic acids is 6. The minimum atomic E-state index is -1.03. The fraction of sp³-hybridized carbons (Fsp3) is 0.767. The van der Waals surface area contributed by atoms with Gasteiger partial charge in [-0.3, -0.25) is 28.8 Å². The average Bonchev–Trinajstić information content (AvgIpc) is 3.21. The number of halogens is 4. The normalized spacial score (nSPS) is 34.1. The van der Waals surface area contributed by atoms with Crippen LogP contribution in [0.15, 0.2) is 23.3 Å². The second-order valence-corrected chi connectivity index (χ2v) is 18.3. The van der Waals surface area contributed by atoms with Crippen LogP contribution in [0.2, 0.25) is 0 Å². The maximum atomic E-state index is 14.0. The first-order valence-corrected chi connectivity index (χ1v) is 23.5. The Kier molecular flexibility index (Phi) is 16.7. The second-order valence-electron chi connectivity index (χ2n) is 16.8. The molecule has 8 aliphatic rings. The van der Waals surface area contributed by atoms with Gasteiger partial charge in [-0.2, -0.15) is 0 Å². The van der Waals surface area contributed by atoms with Crippen LogP contribution >= 0.6 is 46.4 Å². The highest BCUT2D eigenvalue weighted by atomic mass is 35.5. The highest BCUT2D eigenvalue weighted by Gasteiger charge is 2.65. The summed E-state index contributed by atoms with van der Waals surface area (Å²) >= 11 is 24.1. The van der Waals surface area contributed by atoms with Crippen molar-refractivity contribution in [2.24, 2.45) is 59.2 Å². The maximum absolute atomic E-state index is 14.0. The summed E-state index contributed by atoms with van der Waals surface area (Å²) in [5, 5.41) is 0. The van der Waals surface area contributed by atoms with Gasteiger partial charge in [0.2, 0.25) is 0 Å². The van der Waals surface area contributed by atoms with Crippen LogP contribution in [0, 0.1) is 59.2 Å². The number of Topliss-reactive ketones (excluding diaryl/α,β-unsaturated/α-hetero) is 2. The zero-order valence-corrected chi connectivity index (χ0v) is 37.0. The van der Waals surface area contributed by atoms with E-state index in [0.29, 0.717) is 88.5 Å².